The molecular formula is C16H20N2. The highest BCUT2D eigenvalue weighted by atomic mass is 15.1. The summed E-state index contributed by atoms with van der Waals surface area (Å²) in [4.78, 5) is 4.74. The van der Waals surface area contributed by atoms with Crippen LogP contribution in [0.5, 0.6) is 0 Å². The summed E-state index contributed by atoms with van der Waals surface area (Å²) in [5.41, 5.74) is 2.33. The molecule has 1 fully saturated rings. The molecule has 2 unspecified atom stereocenters. The number of hydrogen-bond donors (Lipinski definition) is 1. The SMILES string of the molecule is CCCC1CC1Nc1nc2ccccc2cc1C. The Morgan fingerprint density at radius 2 is 2.17 bits per heavy atom. The third-order valence-corrected chi connectivity index (χ3v) is 3.82. The molecule has 1 aromatic heterocycles. The molecule has 1 N–H and O–H groups in total. The molecule has 1 aromatic carbocycles. The highest BCUT2D eigenvalue weighted by Crippen LogP contribution is 2.37. The average molecular weight is 240 g/mol. The molecule has 0 spiro atoms. The minimum absolute atomic E-state index is 0.650. The van der Waals surface area contributed by atoms with Crippen molar-refractivity contribution in [3.8, 4) is 0 Å². The average Bonchev–Trinajstić information content (AvgIpc) is 3.09. The Morgan fingerprint density at radius 1 is 1.33 bits per heavy atom. The fourth-order valence-electron chi connectivity index (χ4n) is 2.66. The lowest BCUT2D eigenvalue weighted by Gasteiger charge is -2.09. The van der Waals surface area contributed by atoms with Crippen molar-refractivity contribution < 1.29 is 0 Å². The first kappa shape index (κ1) is 11.5. The van der Waals surface area contributed by atoms with Gasteiger partial charge in [0.1, 0.15) is 5.82 Å². The van der Waals surface area contributed by atoms with Gasteiger partial charge in [-0.15, -0.1) is 0 Å². The van der Waals surface area contributed by atoms with Crippen molar-refractivity contribution in [3.05, 3.63) is 35.9 Å². The number of nitrogens with zero attached hydrogens (tertiary/aromatic N) is 1. The number of nitrogens with one attached hydrogen (secondary N) is 1. The van der Waals surface area contributed by atoms with Crippen LogP contribution in [-0.2, 0) is 0 Å². The number of hydrogen-bond acceptors (Lipinski definition) is 2. The van der Waals surface area contributed by atoms with Crippen LogP contribution in [0.25, 0.3) is 10.9 Å². The van der Waals surface area contributed by atoms with Crippen LogP contribution in [0, 0.1) is 12.8 Å². The lowest BCUT2D eigenvalue weighted by molar-refractivity contribution is 0.692. The summed E-state index contributed by atoms with van der Waals surface area (Å²) < 4.78 is 0. The molecule has 1 heterocycles. The Bertz CT molecular complexity index is 562. The van der Waals surface area contributed by atoms with Crippen LogP contribution in [0.4, 0.5) is 5.82 Å². The summed E-state index contributed by atoms with van der Waals surface area (Å²) in [6, 6.07) is 11.2. The molecule has 0 amide bonds. The highest BCUT2D eigenvalue weighted by Gasteiger charge is 2.36. The Morgan fingerprint density at radius 3 is 3.00 bits per heavy atom. The van der Waals surface area contributed by atoms with Crippen molar-refractivity contribution in [1.82, 2.24) is 4.98 Å². The van der Waals surface area contributed by atoms with E-state index in [-0.39, 0.29) is 0 Å². The lowest BCUT2D eigenvalue weighted by Crippen LogP contribution is -2.07. The van der Waals surface area contributed by atoms with Gasteiger partial charge in [-0.25, -0.2) is 4.98 Å². The van der Waals surface area contributed by atoms with Gasteiger partial charge in [0.2, 0.25) is 0 Å². The minimum Gasteiger partial charge on any atom is -0.367 e. The van der Waals surface area contributed by atoms with Crippen LogP contribution < -0.4 is 5.32 Å². The van der Waals surface area contributed by atoms with Crippen molar-refractivity contribution in [3.63, 3.8) is 0 Å². The van der Waals surface area contributed by atoms with E-state index in [1.54, 1.807) is 0 Å². The van der Waals surface area contributed by atoms with E-state index in [0.29, 0.717) is 6.04 Å². The molecule has 1 aliphatic carbocycles. The molecule has 2 heteroatoms. The number of benzene rings is 1. The molecule has 2 nitrogen and oxygen atoms in total. The standard InChI is InChI=1S/C16H20N2/c1-3-6-12-10-15(12)18-16-11(2)9-13-7-4-5-8-14(13)17-16/h4-5,7-9,12,15H,3,6,10H2,1-2H3,(H,17,18). The Hall–Kier alpha value is -1.57. The summed E-state index contributed by atoms with van der Waals surface area (Å²) in [6.45, 7) is 4.40. The molecule has 0 radical (unpaired) electrons. The van der Waals surface area contributed by atoms with Crippen molar-refractivity contribution in [2.45, 2.75) is 39.2 Å². The zero-order valence-corrected chi connectivity index (χ0v) is 11.1. The number of rotatable bonds is 4. The molecule has 0 bridgehead atoms. The Balaban J connectivity index is 1.82. The minimum atomic E-state index is 0.650. The van der Waals surface area contributed by atoms with E-state index in [1.807, 2.05) is 6.07 Å². The third kappa shape index (κ3) is 2.20. The van der Waals surface area contributed by atoms with Gasteiger partial charge in [0.25, 0.3) is 0 Å². The number of para-hydroxylation sites is 1. The summed E-state index contributed by atoms with van der Waals surface area (Å²) in [6.07, 6.45) is 3.93. The predicted molar refractivity (Wildman–Crippen MR) is 76.9 cm³/mol. The van der Waals surface area contributed by atoms with E-state index in [9.17, 15) is 0 Å². The molecule has 2 atom stereocenters. The maximum absolute atomic E-state index is 4.74. The van der Waals surface area contributed by atoms with E-state index in [2.05, 4.69) is 43.4 Å². The first-order chi connectivity index (χ1) is 8.78. The van der Waals surface area contributed by atoms with Crippen LogP contribution in [0.3, 0.4) is 0 Å². The van der Waals surface area contributed by atoms with Crippen molar-refractivity contribution in [2.75, 3.05) is 5.32 Å². The van der Waals surface area contributed by atoms with Crippen LogP contribution in [0.2, 0.25) is 0 Å². The Labute approximate surface area is 108 Å². The van der Waals surface area contributed by atoms with E-state index in [1.165, 1.54) is 30.2 Å². The highest BCUT2D eigenvalue weighted by molar-refractivity contribution is 5.81. The first-order valence-electron chi connectivity index (χ1n) is 6.91. The fraction of sp³-hybridized carbons (Fsp3) is 0.438. The van der Waals surface area contributed by atoms with Crippen molar-refractivity contribution in [2.24, 2.45) is 5.92 Å². The van der Waals surface area contributed by atoms with Crippen LogP contribution in [0.15, 0.2) is 30.3 Å². The number of aromatic nitrogens is 1. The molecule has 3 rings (SSSR count). The van der Waals surface area contributed by atoms with E-state index in [0.717, 1.165) is 17.3 Å². The van der Waals surface area contributed by atoms with Crippen LogP contribution in [-0.4, -0.2) is 11.0 Å². The van der Waals surface area contributed by atoms with Gasteiger partial charge in [-0.2, -0.15) is 0 Å². The molecule has 0 aliphatic heterocycles. The van der Waals surface area contributed by atoms with Gasteiger partial charge in [-0.3, -0.25) is 0 Å². The molecule has 1 aliphatic rings. The summed E-state index contributed by atoms with van der Waals surface area (Å²) in [7, 11) is 0. The van der Waals surface area contributed by atoms with Crippen molar-refractivity contribution >= 4 is 16.7 Å². The van der Waals surface area contributed by atoms with Gasteiger partial charge in [-0.05, 0) is 43.4 Å². The molecule has 94 valence electrons. The van der Waals surface area contributed by atoms with Crippen LogP contribution in [0.1, 0.15) is 31.7 Å². The summed E-state index contributed by atoms with van der Waals surface area (Å²) >= 11 is 0. The first-order valence-corrected chi connectivity index (χ1v) is 6.91. The smallest absolute Gasteiger partial charge is 0.129 e. The molecule has 18 heavy (non-hydrogen) atoms. The normalized spacial score (nSPS) is 22.1. The van der Waals surface area contributed by atoms with E-state index in [4.69, 9.17) is 4.98 Å². The van der Waals surface area contributed by atoms with Crippen LogP contribution >= 0.6 is 0 Å². The number of aryl methyl sites for hydroxylation is 1. The maximum atomic E-state index is 4.74. The van der Waals surface area contributed by atoms with Gasteiger partial charge in [-0.1, -0.05) is 31.5 Å². The predicted octanol–water partition coefficient (Wildman–Crippen LogP) is 4.14. The molecule has 1 saturated carbocycles. The largest absolute Gasteiger partial charge is 0.367 e. The van der Waals surface area contributed by atoms with E-state index >= 15 is 0 Å². The topological polar surface area (TPSA) is 24.9 Å². The fourth-order valence-corrected chi connectivity index (χ4v) is 2.66. The zero-order chi connectivity index (χ0) is 12.5. The third-order valence-electron chi connectivity index (χ3n) is 3.82. The lowest BCUT2D eigenvalue weighted by atomic mass is 10.1. The van der Waals surface area contributed by atoms with Gasteiger partial charge in [0, 0.05) is 11.4 Å². The molecule has 2 aromatic rings. The Kier molecular flexibility index (Phi) is 2.94. The maximum Gasteiger partial charge on any atom is 0.129 e. The van der Waals surface area contributed by atoms with Crippen molar-refractivity contribution in [1.29, 1.82) is 0 Å². The van der Waals surface area contributed by atoms with Gasteiger partial charge < -0.3 is 5.32 Å². The van der Waals surface area contributed by atoms with Gasteiger partial charge in [0.15, 0.2) is 0 Å². The monoisotopic (exact) mass is 240 g/mol. The van der Waals surface area contributed by atoms with Gasteiger partial charge in [0.05, 0.1) is 5.52 Å². The second-order valence-electron chi connectivity index (χ2n) is 5.38. The quantitative estimate of drug-likeness (QED) is 0.868. The number of pyridine rings is 1. The summed E-state index contributed by atoms with van der Waals surface area (Å²) in [5.74, 6) is 1.93. The molecular weight excluding hydrogens is 220 g/mol. The molecule has 0 saturated heterocycles. The number of anilines is 1. The zero-order valence-electron chi connectivity index (χ0n) is 11.1. The second-order valence-corrected chi connectivity index (χ2v) is 5.38. The second kappa shape index (κ2) is 4.60. The number of fused-ring (bicyclic) bond motifs is 1. The van der Waals surface area contributed by atoms with E-state index < -0.39 is 0 Å². The van der Waals surface area contributed by atoms with Gasteiger partial charge >= 0.3 is 0 Å². The summed E-state index contributed by atoms with van der Waals surface area (Å²) in [5, 5.41) is 4.82.